The van der Waals surface area contributed by atoms with Crippen LogP contribution in [0.2, 0.25) is 0 Å². The molecule has 94 valence electrons. The van der Waals surface area contributed by atoms with Crippen LogP contribution in [0, 0.1) is 5.92 Å². The van der Waals surface area contributed by atoms with Crippen LogP contribution in [0.4, 0.5) is 0 Å². The SMILES string of the molecule is CCS(=O)(=O)CCCC(O)C1CC=CCC1. The van der Waals surface area contributed by atoms with E-state index in [0.29, 0.717) is 18.8 Å². The second kappa shape index (κ2) is 6.40. The molecule has 0 amide bonds. The van der Waals surface area contributed by atoms with Crippen molar-refractivity contribution in [2.24, 2.45) is 5.92 Å². The summed E-state index contributed by atoms with van der Waals surface area (Å²) in [5.74, 6) is 0.743. The topological polar surface area (TPSA) is 54.4 Å². The van der Waals surface area contributed by atoms with Crippen molar-refractivity contribution in [2.75, 3.05) is 11.5 Å². The molecule has 0 radical (unpaired) electrons. The lowest BCUT2D eigenvalue weighted by Crippen LogP contribution is -2.22. The van der Waals surface area contributed by atoms with E-state index in [-0.39, 0.29) is 17.6 Å². The molecule has 0 heterocycles. The number of allylic oxidation sites excluding steroid dienone is 2. The summed E-state index contributed by atoms with van der Waals surface area (Å²) in [7, 11) is -2.87. The Morgan fingerprint density at radius 3 is 2.75 bits per heavy atom. The van der Waals surface area contributed by atoms with Gasteiger partial charge in [0.15, 0.2) is 0 Å². The van der Waals surface area contributed by atoms with E-state index in [4.69, 9.17) is 0 Å². The quantitative estimate of drug-likeness (QED) is 0.728. The van der Waals surface area contributed by atoms with Crippen molar-refractivity contribution in [3.63, 3.8) is 0 Å². The van der Waals surface area contributed by atoms with Crippen molar-refractivity contribution in [1.82, 2.24) is 0 Å². The van der Waals surface area contributed by atoms with Crippen molar-refractivity contribution < 1.29 is 13.5 Å². The van der Waals surface area contributed by atoms with E-state index >= 15 is 0 Å². The van der Waals surface area contributed by atoms with Crippen LogP contribution in [0.15, 0.2) is 12.2 Å². The molecule has 4 heteroatoms. The number of aliphatic hydroxyl groups excluding tert-OH is 1. The highest BCUT2D eigenvalue weighted by atomic mass is 32.2. The van der Waals surface area contributed by atoms with Gasteiger partial charge in [0.1, 0.15) is 9.84 Å². The van der Waals surface area contributed by atoms with Crippen LogP contribution in [0.5, 0.6) is 0 Å². The summed E-state index contributed by atoms with van der Waals surface area (Å²) in [6, 6.07) is 0. The van der Waals surface area contributed by atoms with Gasteiger partial charge < -0.3 is 5.11 Å². The monoisotopic (exact) mass is 246 g/mol. The third kappa shape index (κ3) is 4.66. The maximum absolute atomic E-state index is 11.3. The predicted molar refractivity (Wildman–Crippen MR) is 66.0 cm³/mol. The summed E-state index contributed by atoms with van der Waals surface area (Å²) in [6.45, 7) is 1.66. The molecule has 2 atom stereocenters. The van der Waals surface area contributed by atoms with Gasteiger partial charge in [0.2, 0.25) is 0 Å². The molecule has 0 spiro atoms. The first-order valence-corrected chi connectivity index (χ1v) is 7.91. The van der Waals surface area contributed by atoms with E-state index in [2.05, 4.69) is 12.2 Å². The third-order valence-corrected chi connectivity index (χ3v) is 5.04. The van der Waals surface area contributed by atoms with Crippen LogP contribution in [0.1, 0.15) is 39.0 Å². The lowest BCUT2D eigenvalue weighted by molar-refractivity contribution is 0.0930. The van der Waals surface area contributed by atoms with Crippen LogP contribution < -0.4 is 0 Å². The fourth-order valence-corrected chi connectivity index (χ4v) is 2.95. The Kier molecular flexibility index (Phi) is 5.49. The van der Waals surface area contributed by atoms with Gasteiger partial charge in [-0.3, -0.25) is 0 Å². The van der Waals surface area contributed by atoms with Crippen molar-refractivity contribution in [2.45, 2.75) is 45.1 Å². The van der Waals surface area contributed by atoms with Crippen molar-refractivity contribution in [1.29, 1.82) is 0 Å². The number of rotatable bonds is 6. The molecular formula is C12H22O3S. The second-order valence-corrected chi connectivity index (χ2v) is 6.96. The molecule has 16 heavy (non-hydrogen) atoms. The van der Waals surface area contributed by atoms with Gasteiger partial charge in [0.05, 0.1) is 11.9 Å². The van der Waals surface area contributed by atoms with Gasteiger partial charge in [-0.05, 0) is 38.0 Å². The first kappa shape index (κ1) is 13.7. The van der Waals surface area contributed by atoms with E-state index in [1.807, 2.05) is 0 Å². The van der Waals surface area contributed by atoms with Crippen LogP contribution in [0.3, 0.4) is 0 Å². The number of aliphatic hydroxyl groups is 1. The highest BCUT2D eigenvalue weighted by molar-refractivity contribution is 7.91. The molecule has 1 rings (SSSR count). The van der Waals surface area contributed by atoms with Gasteiger partial charge >= 0.3 is 0 Å². The summed E-state index contributed by atoms with van der Waals surface area (Å²) in [6.07, 6.45) is 8.10. The highest BCUT2D eigenvalue weighted by Crippen LogP contribution is 2.24. The van der Waals surface area contributed by atoms with Crippen LogP contribution in [0.25, 0.3) is 0 Å². The van der Waals surface area contributed by atoms with Gasteiger partial charge in [-0.2, -0.15) is 0 Å². The van der Waals surface area contributed by atoms with E-state index in [0.717, 1.165) is 19.3 Å². The minimum absolute atomic E-state index is 0.204. The zero-order chi connectivity index (χ0) is 12.0. The van der Waals surface area contributed by atoms with E-state index in [1.54, 1.807) is 6.92 Å². The molecule has 1 N–H and O–H groups in total. The van der Waals surface area contributed by atoms with Crippen LogP contribution in [-0.2, 0) is 9.84 Å². The fraction of sp³-hybridized carbons (Fsp3) is 0.833. The van der Waals surface area contributed by atoms with Crippen molar-refractivity contribution in [3.05, 3.63) is 12.2 Å². The van der Waals surface area contributed by atoms with E-state index in [9.17, 15) is 13.5 Å². The molecule has 0 saturated carbocycles. The maximum Gasteiger partial charge on any atom is 0.150 e. The number of hydrogen-bond donors (Lipinski definition) is 1. The predicted octanol–water partition coefficient (Wildman–Crippen LogP) is 1.92. The zero-order valence-electron chi connectivity index (χ0n) is 9.93. The molecule has 1 aliphatic carbocycles. The normalized spacial score (nSPS) is 23.2. The van der Waals surface area contributed by atoms with Gasteiger partial charge in [0, 0.05) is 5.75 Å². The Hall–Kier alpha value is -0.350. The highest BCUT2D eigenvalue weighted by Gasteiger charge is 2.19. The molecule has 0 bridgehead atoms. The van der Waals surface area contributed by atoms with E-state index in [1.165, 1.54) is 0 Å². The second-order valence-electron chi connectivity index (χ2n) is 4.49. The van der Waals surface area contributed by atoms with Crippen molar-refractivity contribution in [3.8, 4) is 0 Å². The molecule has 0 fully saturated rings. The Bertz CT molecular complexity index is 319. The summed E-state index contributed by atoms with van der Waals surface area (Å²) in [4.78, 5) is 0. The minimum atomic E-state index is -2.87. The first-order chi connectivity index (χ1) is 7.55. The molecule has 0 aromatic heterocycles. The van der Waals surface area contributed by atoms with Gasteiger partial charge in [0.25, 0.3) is 0 Å². The van der Waals surface area contributed by atoms with Crippen LogP contribution >= 0.6 is 0 Å². The first-order valence-electron chi connectivity index (χ1n) is 6.08. The van der Waals surface area contributed by atoms with Crippen molar-refractivity contribution >= 4 is 9.84 Å². The Morgan fingerprint density at radius 2 is 2.19 bits per heavy atom. The van der Waals surface area contributed by atoms with Crippen LogP contribution in [-0.4, -0.2) is 31.1 Å². The standard InChI is InChI=1S/C12H22O3S/c1-2-16(14,15)10-6-9-12(13)11-7-4-3-5-8-11/h3-4,11-13H,2,5-10H2,1H3. The molecule has 1 aliphatic rings. The summed E-state index contributed by atoms with van der Waals surface area (Å²) < 4.78 is 22.5. The fourth-order valence-electron chi connectivity index (χ4n) is 2.06. The van der Waals surface area contributed by atoms with E-state index < -0.39 is 9.84 Å². The summed E-state index contributed by atoms with van der Waals surface area (Å²) in [5.41, 5.74) is 0. The van der Waals surface area contributed by atoms with Gasteiger partial charge in [-0.1, -0.05) is 19.1 Å². The largest absolute Gasteiger partial charge is 0.393 e. The summed E-state index contributed by atoms with van der Waals surface area (Å²) in [5, 5.41) is 9.91. The smallest absolute Gasteiger partial charge is 0.150 e. The average molecular weight is 246 g/mol. The minimum Gasteiger partial charge on any atom is -0.393 e. The number of sulfone groups is 1. The lowest BCUT2D eigenvalue weighted by Gasteiger charge is -2.23. The molecule has 0 saturated heterocycles. The molecule has 0 aromatic carbocycles. The molecular weight excluding hydrogens is 224 g/mol. The Balaban J connectivity index is 2.24. The number of hydrogen-bond acceptors (Lipinski definition) is 3. The van der Waals surface area contributed by atoms with Gasteiger partial charge in [-0.25, -0.2) is 8.42 Å². The zero-order valence-corrected chi connectivity index (χ0v) is 10.7. The summed E-state index contributed by atoms with van der Waals surface area (Å²) >= 11 is 0. The Morgan fingerprint density at radius 1 is 1.44 bits per heavy atom. The Labute approximate surface area is 98.5 Å². The molecule has 0 aliphatic heterocycles. The average Bonchev–Trinajstić information content (AvgIpc) is 2.30. The molecule has 2 unspecified atom stereocenters. The maximum atomic E-state index is 11.3. The lowest BCUT2D eigenvalue weighted by atomic mass is 9.87. The van der Waals surface area contributed by atoms with Gasteiger partial charge in [-0.15, -0.1) is 0 Å². The molecule has 0 aromatic rings. The third-order valence-electron chi connectivity index (χ3n) is 3.25. The molecule has 3 nitrogen and oxygen atoms in total.